The molecular formula is C18H20ClNO. The standard InChI is InChI=1S/C18H20ClNO/c1-13(21)17-8-7-16(11-18(17)19)20-10-9-15(12-20)14-5-3-2-4-6-14/h2-8,11,13,15,21H,9-10,12H2,1H3. The average Bonchev–Trinajstić information content (AvgIpc) is 2.97. The molecule has 0 saturated carbocycles. The van der Waals surface area contributed by atoms with E-state index in [1.165, 1.54) is 12.0 Å². The van der Waals surface area contributed by atoms with Gasteiger partial charge >= 0.3 is 0 Å². The number of benzene rings is 2. The second-order valence-electron chi connectivity index (χ2n) is 5.72. The number of hydrogen-bond donors (Lipinski definition) is 1. The summed E-state index contributed by atoms with van der Waals surface area (Å²) in [6, 6.07) is 16.6. The van der Waals surface area contributed by atoms with Crippen molar-refractivity contribution >= 4 is 17.3 Å². The molecule has 2 aromatic rings. The molecule has 1 fully saturated rings. The van der Waals surface area contributed by atoms with Gasteiger partial charge in [-0.2, -0.15) is 0 Å². The Bertz CT molecular complexity index is 612. The SMILES string of the molecule is CC(O)c1ccc(N2CCC(c3ccccc3)C2)cc1Cl. The summed E-state index contributed by atoms with van der Waals surface area (Å²) in [7, 11) is 0. The number of hydrogen-bond acceptors (Lipinski definition) is 2. The number of anilines is 1. The van der Waals surface area contributed by atoms with Crippen molar-refractivity contribution in [1.29, 1.82) is 0 Å². The molecule has 0 spiro atoms. The van der Waals surface area contributed by atoms with Crippen LogP contribution in [0.5, 0.6) is 0 Å². The minimum Gasteiger partial charge on any atom is -0.389 e. The van der Waals surface area contributed by atoms with Gasteiger partial charge in [-0.3, -0.25) is 0 Å². The normalized spacial score (nSPS) is 19.8. The van der Waals surface area contributed by atoms with Crippen molar-refractivity contribution in [1.82, 2.24) is 0 Å². The van der Waals surface area contributed by atoms with Gasteiger partial charge in [0.2, 0.25) is 0 Å². The highest BCUT2D eigenvalue weighted by molar-refractivity contribution is 6.31. The molecule has 21 heavy (non-hydrogen) atoms. The van der Waals surface area contributed by atoms with Gasteiger partial charge in [0.05, 0.1) is 6.10 Å². The third kappa shape index (κ3) is 3.07. The Kier molecular flexibility index (Phi) is 4.18. The average molecular weight is 302 g/mol. The van der Waals surface area contributed by atoms with Crippen LogP contribution in [0.15, 0.2) is 48.5 Å². The van der Waals surface area contributed by atoms with Crippen LogP contribution >= 0.6 is 11.6 Å². The Labute approximate surface area is 131 Å². The first kappa shape index (κ1) is 14.4. The van der Waals surface area contributed by atoms with Crippen LogP contribution in [0, 0.1) is 0 Å². The fourth-order valence-corrected chi connectivity index (χ4v) is 3.38. The highest BCUT2D eigenvalue weighted by atomic mass is 35.5. The molecule has 2 unspecified atom stereocenters. The summed E-state index contributed by atoms with van der Waals surface area (Å²) in [6.45, 7) is 3.81. The van der Waals surface area contributed by atoms with Crippen LogP contribution in [0.2, 0.25) is 5.02 Å². The molecule has 3 rings (SSSR count). The van der Waals surface area contributed by atoms with Crippen molar-refractivity contribution in [3.05, 3.63) is 64.7 Å². The summed E-state index contributed by atoms with van der Waals surface area (Å²) in [5, 5.41) is 10.3. The molecule has 110 valence electrons. The highest BCUT2D eigenvalue weighted by Crippen LogP contribution is 2.33. The van der Waals surface area contributed by atoms with E-state index < -0.39 is 6.10 Å². The van der Waals surface area contributed by atoms with E-state index in [0.717, 1.165) is 24.3 Å². The molecule has 0 radical (unpaired) electrons. The number of aliphatic hydroxyl groups is 1. The molecule has 1 aliphatic heterocycles. The summed E-state index contributed by atoms with van der Waals surface area (Å²) >= 11 is 6.27. The van der Waals surface area contributed by atoms with E-state index in [2.05, 4.69) is 41.3 Å². The van der Waals surface area contributed by atoms with Crippen molar-refractivity contribution in [3.63, 3.8) is 0 Å². The summed E-state index contributed by atoms with van der Waals surface area (Å²) < 4.78 is 0. The smallest absolute Gasteiger partial charge is 0.0776 e. The van der Waals surface area contributed by atoms with Crippen LogP contribution in [0.3, 0.4) is 0 Å². The van der Waals surface area contributed by atoms with Crippen molar-refractivity contribution in [2.45, 2.75) is 25.4 Å². The van der Waals surface area contributed by atoms with Crippen molar-refractivity contribution in [2.75, 3.05) is 18.0 Å². The molecule has 3 heteroatoms. The van der Waals surface area contributed by atoms with Gasteiger partial charge in [0.25, 0.3) is 0 Å². The van der Waals surface area contributed by atoms with Crippen LogP contribution in [-0.2, 0) is 0 Å². The van der Waals surface area contributed by atoms with E-state index in [1.807, 2.05) is 12.1 Å². The van der Waals surface area contributed by atoms with E-state index >= 15 is 0 Å². The van der Waals surface area contributed by atoms with E-state index in [1.54, 1.807) is 6.92 Å². The Morgan fingerprint density at radius 2 is 1.95 bits per heavy atom. The number of halogens is 1. The minimum atomic E-state index is -0.526. The Balaban J connectivity index is 1.76. The number of aliphatic hydroxyl groups excluding tert-OH is 1. The number of nitrogens with zero attached hydrogens (tertiary/aromatic N) is 1. The highest BCUT2D eigenvalue weighted by Gasteiger charge is 2.24. The Hall–Kier alpha value is -1.51. The van der Waals surface area contributed by atoms with Gasteiger partial charge in [-0.25, -0.2) is 0 Å². The largest absolute Gasteiger partial charge is 0.389 e. The first-order valence-electron chi connectivity index (χ1n) is 7.42. The molecule has 0 amide bonds. The monoisotopic (exact) mass is 301 g/mol. The summed E-state index contributed by atoms with van der Waals surface area (Å²) in [6.07, 6.45) is 0.641. The zero-order valence-corrected chi connectivity index (χ0v) is 12.9. The fraction of sp³-hybridized carbons (Fsp3) is 0.333. The molecule has 1 heterocycles. The van der Waals surface area contributed by atoms with Crippen LogP contribution in [-0.4, -0.2) is 18.2 Å². The summed E-state index contributed by atoms with van der Waals surface area (Å²) in [5.74, 6) is 0.585. The first-order chi connectivity index (χ1) is 10.1. The van der Waals surface area contributed by atoms with E-state index in [4.69, 9.17) is 11.6 Å². The van der Waals surface area contributed by atoms with Gasteiger partial charge in [-0.15, -0.1) is 0 Å². The van der Waals surface area contributed by atoms with Crippen molar-refractivity contribution in [2.24, 2.45) is 0 Å². The molecule has 0 bridgehead atoms. The molecule has 1 N–H and O–H groups in total. The predicted octanol–water partition coefficient (Wildman–Crippen LogP) is 4.39. The quantitative estimate of drug-likeness (QED) is 0.909. The van der Waals surface area contributed by atoms with Crippen LogP contribution in [0.4, 0.5) is 5.69 Å². The van der Waals surface area contributed by atoms with Gasteiger partial charge < -0.3 is 10.0 Å². The van der Waals surface area contributed by atoms with Crippen LogP contribution in [0.1, 0.15) is 36.5 Å². The summed E-state index contributed by atoms with van der Waals surface area (Å²) in [5.41, 5.74) is 3.34. The lowest BCUT2D eigenvalue weighted by Crippen LogP contribution is -2.19. The third-order valence-electron chi connectivity index (χ3n) is 4.26. The molecule has 2 nitrogen and oxygen atoms in total. The first-order valence-corrected chi connectivity index (χ1v) is 7.80. The van der Waals surface area contributed by atoms with Crippen molar-refractivity contribution < 1.29 is 5.11 Å². The van der Waals surface area contributed by atoms with Gasteiger partial charge in [0.15, 0.2) is 0 Å². The maximum atomic E-state index is 9.65. The van der Waals surface area contributed by atoms with E-state index in [0.29, 0.717) is 10.9 Å². The van der Waals surface area contributed by atoms with Crippen LogP contribution < -0.4 is 4.90 Å². The van der Waals surface area contributed by atoms with E-state index in [-0.39, 0.29) is 0 Å². The molecule has 1 aliphatic rings. The fourth-order valence-electron chi connectivity index (χ4n) is 3.04. The molecular weight excluding hydrogens is 282 g/mol. The lowest BCUT2D eigenvalue weighted by Gasteiger charge is -2.20. The van der Waals surface area contributed by atoms with Crippen LogP contribution in [0.25, 0.3) is 0 Å². The van der Waals surface area contributed by atoms with E-state index in [9.17, 15) is 5.11 Å². The third-order valence-corrected chi connectivity index (χ3v) is 4.59. The predicted molar refractivity (Wildman–Crippen MR) is 88.1 cm³/mol. The Morgan fingerprint density at radius 1 is 1.19 bits per heavy atom. The Morgan fingerprint density at radius 3 is 2.62 bits per heavy atom. The molecule has 2 aromatic carbocycles. The maximum absolute atomic E-state index is 9.65. The maximum Gasteiger partial charge on any atom is 0.0776 e. The zero-order valence-electron chi connectivity index (χ0n) is 12.2. The van der Waals surface area contributed by atoms with Gasteiger partial charge in [-0.05, 0) is 36.6 Å². The van der Waals surface area contributed by atoms with Gasteiger partial charge in [0.1, 0.15) is 0 Å². The second kappa shape index (κ2) is 6.08. The number of rotatable bonds is 3. The second-order valence-corrected chi connectivity index (χ2v) is 6.13. The lowest BCUT2D eigenvalue weighted by atomic mass is 9.99. The molecule has 0 aliphatic carbocycles. The van der Waals surface area contributed by atoms with Gasteiger partial charge in [-0.1, -0.05) is 48.0 Å². The zero-order chi connectivity index (χ0) is 14.8. The van der Waals surface area contributed by atoms with Crippen molar-refractivity contribution in [3.8, 4) is 0 Å². The molecule has 0 aromatic heterocycles. The minimum absolute atomic E-state index is 0.526. The molecule has 2 atom stereocenters. The lowest BCUT2D eigenvalue weighted by molar-refractivity contribution is 0.199. The summed E-state index contributed by atoms with van der Waals surface area (Å²) in [4.78, 5) is 2.37. The topological polar surface area (TPSA) is 23.5 Å². The van der Waals surface area contributed by atoms with Gasteiger partial charge in [0, 0.05) is 29.7 Å². The molecule has 1 saturated heterocycles.